The second-order valence-electron chi connectivity index (χ2n) is 4.34. The highest BCUT2D eigenvalue weighted by Gasteiger charge is 2.04. The molecule has 0 spiro atoms. The van der Waals surface area contributed by atoms with Gasteiger partial charge in [-0.1, -0.05) is 18.2 Å². The quantitative estimate of drug-likeness (QED) is 0.827. The van der Waals surface area contributed by atoms with E-state index in [4.69, 9.17) is 0 Å². The Bertz CT molecular complexity index is 447. The summed E-state index contributed by atoms with van der Waals surface area (Å²) in [6.07, 6.45) is 3.72. The van der Waals surface area contributed by atoms with E-state index in [9.17, 15) is 0 Å². The first-order valence-electron chi connectivity index (χ1n) is 5.93. The van der Waals surface area contributed by atoms with Gasteiger partial charge in [0.05, 0.1) is 0 Å². The van der Waals surface area contributed by atoms with E-state index in [1.165, 1.54) is 34.9 Å². The lowest BCUT2D eigenvalue weighted by Gasteiger charge is -2.08. The van der Waals surface area contributed by atoms with E-state index in [-0.39, 0.29) is 0 Å². The van der Waals surface area contributed by atoms with Crippen molar-refractivity contribution in [1.82, 2.24) is 5.32 Å². The number of aryl methyl sites for hydroxylation is 1. The van der Waals surface area contributed by atoms with E-state index in [0.29, 0.717) is 6.04 Å². The molecular weight excluding hydrogens is 214 g/mol. The summed E-state index contributed by atoms with van der Waals surface area (Å²) in [5.41, 5.74) is 1.52. The van der Waals surface area contributed by atoms with Gasteiger partial charge in [-0.25, -0.2) is 0 Å². The minimum Gasteiger partial charge on any atom is -0.317 e. The van der Waals surface area contributed by atoms with Gasteiger partial charge in [0.1, 0.15) is 0 Å². The standard InChI is InChI=1S/C14H19NS/c1-11(15-2)6-5-7-12-10-16-14-9-4-3-8-13(12)14/h3-4,8-11,15H,5-7H2,1-2H3. The fraction of sp³-hybridized carbons (Fsp3) is 0.429. The average molecular weight is 233 g/mol. The number of hydrogen-bond donors (Lipinski definition) is 1. The molecule has 2 aromatic rings. The van der Waals surface area contributed by atoms with Crippen LogP contribution in [0.5, 0.6) is 0 Å². The molecule has 0 aliphatic rings. The maximum absolute atomic E-state index is 3.28. The van der Waals surface area contributed by atoms with Crippen LogP contribution >= 0.6 is 11.3 Å². The monoisotopic (exact) mass is 233 g/mol. The maximum Gasteiger partial charge on any atom is 0.0345 e. The third-order valence-corrected chi connectivity index (χ3v) is 4.15. The zero-order valence-electron chi connectivity index (χ0n) is 9.99. The van der Waals surface area contributed by atoms with E-state index in [1.54, 1.807) is 0 Å². The second-order valence-corrected chi connectivity index (χ2v) is 5.25. The van der Waals surface area contributed by atoms with Crippen LogP contribution in [0.25, 0.3) is 10.1 Å². The molecule has 1 N–H and O–H groups in total. The molecule has 0 aliphatic carbocycles. The number of hydrogen-bond acceptors (Lipinski definition) is 2. The van der Waals surface area contributed by atoms with Crippen molar-refractivity contribution in [3.8, 4) is 0 Å². The zero-order chi connectivity index (χ0) is 11.4. The number of fused-ring (bicyclic) bond motifs is 1. The molecule has 1 atom stereocenters. The molecule has 86 valence electrons. The van der Waals surface area contributed by atoms with Crippen LogP contribution in [-0.4, -0.2) is 13.1 Å². The number of rotatable bonds is 5. The first-order valence-corrected chi connectivity index (χ1v) is 6.81. The summed E-state index contributed by atoms with van der Waals surface area (Å²) in [7, 11) is 2.03. The van der Waals surface area contributed by atoms with Crippen molar-refractivity contribution >= 4 is 21.4 Å². The Balaban J connectivity index is 1.99. The van der Waals surface area contributed by atoms with E-state index in [1.807, 2.05) is 18.4 Å². The lowest BCUT2D eigenvalue weighted by Crippen LogP contribution is -2.20. The highest BCUT2D eigenvalue weighted by atomic mass is 32.1. The molecule has 1 heterocycles. The Labute approximate surface area is 101 Å². The normalized spacial score (nSPS) is 13.1. The molecule has 1 nitrogen and oxygen atoms in total. The SMILES string of the molecule is CNC(C)CCCc1csc2ccccc12. The smallest absolute Gasteiger partial charge is 0.0345 e. The van der Waals surface area contributed by atoms with Crippen LogP contribution in [0.3, 0.4) is 0 Å². The summed E-state index contributed by atoms with van der Waals surface area (Å²) in [5, 5.41) is 7.05. The lowest BCUT2D eigenvalue weighted by molar-refractivity contribution is 0.542. The van der Waals surface area contributed by atoms with Crippen molar-refractivity contribution in [2.75, 3.05) is 7.05 Å². The third kappa shape index (κ3) is 2.63. The Morgan fingerprint density at radius 3 is 2.94 bits per heavy atom. The molecule has 2 heteroatoms. The first kappa shape index (κ1) is 11.6. The topological polar surface area (TPSA) is 12.0 Å². The molecule has 1 aromatic carbocycles. The lowest BCUT2D eigenvalue weighted by atomic mass is 10.0. The highest BCUT2D eigenvalue weighted by molar-refractivity contribution is 7.17. The maximum atomic E-state index is 3.28. The van der Waals surface area contributed by atoms with Gasteiger partial charge < -0.3 is 5.32 Å². The van der Waals surface area contributed by atoms with Gasteiger partial charge in [0.15, 0.2) is 0 Å². The van der Waals surface area contributed by atoms with Gasteiger partial charge in [0, 0.05) is 10.7 Å². The van der Waals surface area contributed by atoms with E-state index >= 15 is 0 Å². The summed E-state index contributed by atoms with van der Waals surface area (Å²) < 4.78 is 1.42. The molecule has 1 unspecified atom stereocenters. The summed E-state index contributed by atoms with van der Waals surface area (Å²) in [6.45, 7) is 2.24. The van der Waals surface area contributed by atoms with Crippen molar-refractivity contribution < 1.29 is 0 Å². The van der Waals surface area contributed by atoms with E-state index < -0.39 is 0 Å². The van der Waals surface area contributed by atoms with E-state index in [0.717, 1.165) is 0 Å². The minimum absolute atomic E-state index is 0.630. The predicted octanol–water partition coefficient (Wildman–Crippen LogP) is 3.83. The van der Waals surface area contributed by atoms with Gasteiger partial charge in [-0.05, 0) is 55.6 Å². The van der Waals surface area contributed by atoms with Gasteiger partial charge in [-0.3, -0.25) is 0 Å². The number of thiophene rings is 1. The second kappa shape index (κ2) is 5.46. The molecule has 0 saturated carbocycles. The Hall–Kier alpha value is -0.860. The summed E-state index contributed by atoms with van der Waals surface area (Å²) >= 11 is 1.86. The predicted molar refractivity (Wildman–Crippen MR) is 73.3 cm³/mol. The molecule has 1 aromatic heterocycles. The molecule has 0 amide bonds. The largest absolute Gasteiger partial charge is 0.317 e. The van der Waals surface area contributed by atoms with E-state index in [2.05, 4.69) is 41.9 Å². The van der Waals surface area contributed by atoms with Gasteiger partial charge in [-0.2, -0.15) is 0 Å². The first-order chi connectivity index (χ1) is 7.81. The Morgan fingerprint density at radius 1 is 1.31 bits per heavy atom. The van der Waals surface area contributed by atoms with Crippen LogP contribution in [0.4, 0.5) is 0 Å². The molecule has 0 saturated heterocycles. The molecule has 0 aliphatic heterocycles. The van der Waals surface area contributed by atoms with Crippen molar-refractivity contribution in [3.63, 3.8) is 0 Å². The molecule has 0 radical (unpaired) electrons. The van der Waals surface area contributed by atoms with Crippen LogP contribution in [0, 0.1) is 0 Å². The van der Waals surface area contributed by atoms with Crippen LogP contribution < -0.4 is 5.32 Å². The Morgan fingerprint density at radius 2 is 2.12 bits per heavy atom. The third-order valence-electron chi connectivity index (χ3n) is 3.14. The minimum atomic E-state index is 0.630. The number of benzene rings is 1. The fourth-order valence-corrected chi connectivity index (χ4v) is 2.97. The summed E-state index contributed by atoms with van der Waals surface area (Å²) in [4.78, 5) is 0. The molecule has 0 fully saturated rings. The molecule has 16 heavy (non-hydrogen) atoms. The summed E-state index contributed by atoms with van der Waals surface area (Å²) in [6, 6.07) is 9.33. The van der Waals surface area contributed by atoms with Crippen LogP contribution in [0.1, 0.15) is 25.3 Å². The summed E-state index contributed by atoms with van der Waals surface area (Å²) in [5.74, 6) is 0. The zero-order valence-corrected chi connectivity index (χ0v) is 10.8. The van der Waals surface area contributed by atoms with Crippen molar-refractivity contribution in [3.05, 3.63) is 35.2 Å². The van der Waals surface area contributed by atoms with Gasteiger partial charge in [0.25, 0.3) is 0 Å². The Kier molecular flexibility index (Phi) is 3.97. The highest BCUT2D eigenvalue weighted by Crippen LogP contribution is 2.26. The van der Waals surface area contributed by atoms with Crippen molar-refractivity contribution in [1.29, 1.82) is 0 Å². The number of nitrogens with one attached hydrogen (secondary N) is 1. The molecule has 2 rings (SSSR count). The van der Waals surface area contributed by atoms with Crippen molar-refractivity contribution in [2.24, 2.45) is 0 Å². The van der Waals surface area contributed by atoms with Crippen LogP contribution in [0.15, 0.2) is 29.6 Å². The van der Waals surface area contributed by atoms with Crippen molar-refractivity contribution in [2.45, 2.75) is 32.2 Å². The molecular formula is C14H19NS. The van der Waals surface area contributed by atoms with Gasteiger partial charge in [-0.15, -0.1) is 11.3 Å². The van der Waals surface area contributed by atoms with Gasteiger partial charge in [0.2, 0.25) is 0 Å². The average Bonchev–Trinajstić information content (AvgIpc) is 2.73. The fourth-order valence-electron chi connectivity index (χ4n) is 1.97. The van der Waals surface area contributed by atoms with Crippen LogP contribution in [0.2, 0.25) is 0 Å². The van der Waals surface area contributed by atoms with Gasteiger partial charge >= 0.3 is 0 Å². The van der Waals surface area contributed by atoms with Crippen LogP contribution in [-0.2, 0) is 6.42 Å². The molecule has 0 bridgehead atoms.